The lowest BCUT2D eigenvalue weighted by atomic mass is 10.2. The number of hydrogen-bond acceptors (Lipinski definition) is 1. The van der Waals surface area contributed by atoms with Gasteiger partial charge in [-0.05, 0) is 26.0 Å². The van der Waals surface area contributed by atoms with Crippen molar-refractivity contribution in [2.45, 2.75) is 26.4 Å². The molecule has 1 aliphatic heterocycles. The number of quaternary nitrogens is 2. The van der Waals surface area contributed by atoms with Gasteiger partial charge in [0.15, 0.2) is 0 Å². The number of piperazine rings is 1. The summed E-state index contributed by atoms with van der Waals surface area (Å²) in [6.07, 6.45) is 1.89. The van der Waals surface area contributed by atoms with Crippen LogP contribution >= 0.6 is 0 Å². The standard InChI is InChI=1S/C13H21N3/c1-12(2)16-9-7-15(8-10-16)11-13-5-3-4-6-14-13/h3-6,12H,7-11H2,1-2H3/p+2. The van der Waals surface area contributed by atoms with E-state index in [2.05, 4.69) is 31.0 Å². The topological polar surface area (TPSA) is 21.8 Å². The van der Waals surface area contributed by atoms with Gasteiger partial charge in [0.25, 0.3) is 0 Å². The quantitative estimate of drug-likeness (QED) is 0.656. The maximum atomic E-state index is 4.40. The lowest BCUT2D eigenvalue weighted by Crippen LogP contribution is -3.28. The first-order valence-electron chi connectivity index (χ1n) is 6.34. The van der Waals surface area contributed by atoms with E-state index in [1.807, 2.05) is 12.3 Å². The average Bonchev–Trinajstić information content (AvgIpc) is 2.31. The van der Waals surface area contributed by atoms with Gasteiger partial charge in [-0.2, -0.15) is 0 Å². The fourth-order valence-electron chi connectivity index (χ4n) is 2.44. The molecule has 0 spiro atoms. The van der Waals surface area contributed by atoms with Crippen LogP contribution in [0.2, 0.25) is 0 Å². The number of hydrogen-bond donors (Lipinski definition) is 2. The minimum absolute atomic E-state index is 0.774. The molecule has 0 aromatic carbocycles. The predicted octanol–water partition coefficient (Wildman–Crippen LogP) is -1.23. The smallest absolute Gasteiger partial charge is 0.127 e. The van der Waals surface area contributed by atoms with Crippen molar-refractivity contribution in [3.05, 3.63) is 30.1 Å². The number of pyridine rings is 1. The van der Waals surface area contributed by atoms with E-state index in [0.717, 1.165) is 12.6 Å². The molecular formula is C13H23N3+2. The molecule has 88 valence electrons. The van der Waals surface area contributed by atoms with Crippen LogP contribution in [0.3, 0.4) is 0 Å². The van der Waals surface area contributed by atoms with Gasteiger partial charge < -0.3 is 9.80 Å². The highest BCUT2D eigenvalue weighted by Gasteiger charge is 2.24. The predicted molar refractivity (Wildman–Crippen MR) is 64.5 cm³/mol. The molecule has 2 N–H and O–H groups in total. The van der Waals surface area contributed by atoms with E-state index < -0.39 is 0 Å². The Morgan fingerprint density at radius 3 is 2.50 bits per heavy atom. The van der Waals surface area contributed by atoms with Crippen LogP contribution < -0.4 is 9.80 Å². The van der Waals surface area contributed by atoms with Crippen molar-refractivity contribution in [1.82, 2.24) is 4.98 Å². The summed E-state index contributed by atoms with van der Waals surface area (Å²) in [6.45, 7) is 10.9. The number of nitrogens with one attached hydrogen (secondary N) is 2. The van der Waals surface area contributed by atoms with Gasteiger partial charge in [0.1, 0.15) is 32.7 Å². The zero-order valence-corrected chi connectivity index (χ0v) is 10.4. The Morgan fingerprint density at radius 1 is 1.19 bits per heavy atom. The van der Waals surface area contributed by atoms with E-state index in [9.17, 15) is 0 Å². The van der Waals surface area contributed by atoms with E-state index in [0.29, 0.717) is 0 Å². The second kappa shape index (κ2) is 5.41. The monoisotopic (exact) mass is 221 g/mol. The molecule has 0 unspecified atom stereocenters. The van der Waals surface area contributed by atoms with Gasteiger partial charge in [0.2, 0.25) is 0 Å². The molecule has 0 aliphatic carbocycles. The van der Waals surface area contributed by atoms with Crippen LogP contribution in [0.4, 0.5) is 0 Å². The van der Waals surface area contributed by atoms with Crippen LogP contribution in [0.15, 0.2) is 24.4 Å². The summed E-state index contributed by atoms with van der Waals surface area (Å²) in [6, 6.07) is 6.97. The second-order valence-electron chi connectivity index (χ2n) is 5.06. The van der Waals surface area contributed by atoms with E-state index in [4.69, 9.17) is 0 Å². The highest BCUT2D eigenvalue weighted by Crippen LogP contribution is 1.89. The number of rotatable bonds is 3. The molecular weight excluding hydrogens is 198 g/mol. The molecule has 1 aliphatic rings. The Bertz CT molecular complexity index is 302. The lowest BCUT2D eigenvalue weighted by molar-refractivity contribution is -1.03. The SMILES string of the molecule is CC(C)[NH+]1CC[NH+](Cc2ccccn2)CC1. The van der Waals surface area contributed by atoms with Crippen molar-refractivity contribution in [2.24, 2.45) is 0 Å². The highest BCUT2D eigenvalue weighted by atomic mass is 15.3. The Kier molecular flexibility index (Phi) is 3.91. The Labute approximate surface area is 98.1 Å². The van der Waals surface area contributed by atoms with Crippen molar-refractivity contribution in [3.63, 3.8) is 0 Å². The highest BCUT2D eigenvalue weighted by molar-refractivity contribution is 5.01. The Balaban J connectivity index is 1.82. The fraction of sp³-hybridized carbons (Fsp3) is 0.615. The Hall–Kier alpha value is -0.930. The minimum atomic E-state index is 0.774. The molecule has 1 aromatic rings. The first-order valence-corrected chi connectivity index (χ1v) is 6.34. The van der Waals surface area contributed by atoms with Crippen LogP contribution in [0, 0.1) is 0 Å². The summed E-state index contributed by atoms with van der Waals surface area (Å²) in [4.78, 5) is 7.84. The molecule has 1 saturated heterocycles. The minimum Gasteiger partial charge on any atom is -0.324 e. The fourth-order valence-corrected chi connectivity index (χ4v) is 2.44. The molecule has 0 bridgehead atoms. The van der Waals surface area contributed by atoms with Crippen molar-refractivity contribution < 1.29 is 9.80 Å². The molecule has 3 heteroatoms. The van der Waals surface area contributed by atoms with Crippen LogP contribution in [0.5, 0.6) is 0 Å². The van der Waals surface area contributed by atoms with Crippen molar-refractivity contribution in [1.29, 1.82) is 0 Å². The van der Waals surface area contributed by atoms with Crippen molar-refractivity contribution in [3.8, 4) is 0 Å². The van der Waals surface area contributed by atoms with Gasteiger partial charge in [0, 0.05) is 6.20 Å². The van der Waals surface area contributed by atoms with Gasteiger partial charge in [-0.3, -0.25) is 4.98 Å². The molecule has 0 saturated carbocycles. The van der Waals surface area contributed by atoms with E-state index >= 15 is 0 Å². The van der Waals surface area contributed by atoms with Gasteiger partial charge in [-0.25, -0.2) is 0 Å². The first-order chi connectivity index (χ1) is 7.75. The third-order valence-corrected chi connectivity index (χ3v) is 3.57. The summed E-state index contributed by atoms with van der Waals surface area (Å²) in [5.41, 5.74) is 1.23. The van der Waals surface area contributed by atoms with E-state index in [1.165, 1.54) is 31.9 Å². The average molecular weight is 221 g/mol. The number of nitrogens with zero attached hydrogens (tertiary/aromatic N) is 1. The third kappa shape index (κ3) is 3.03. The van der Waals surface area contributed by atoms with Crippen molar-refractivity contribution in [2.75, 3.05) is 26.2 Å². The third-order valence-electron chi connectivity index (χ3n) is 3.57. The zero-order valence-electron chi connectivity index (χ0n) is 10.4. The van der Waals surface area contributed by atoms with Crippen LogP contribution in [0.25, 0.3) is 0 Å². The first kappa shape index (κ1) is 11.6. The molecule has 0 radical (unpaired) electrons. The van der Waals surface area contributed by atoms with Crippen LogP contribution in [-0.2, 0) is 6.54 Å². The van der Waals surface area contributed by atoms with E-state index in [1.54, 1.807) is 9.80 Å². The van der Waals surface area contributed by atoms with Gasteiger partial charge in [-0.15, -0.1) is 0 Å². The maximum absolute atomic E-state index is 4.40. The molecule has 1 fully saturated rings. The summed E-state index contributed by atoms with van der Waals surface area (Å²) < 4.78 is 0. The maximum Gasteiger partial charge on any atom is 0.127 e. The summed E-state index contributed by atoms with van der Waals surface area (Å²) >= 11 is 0. The molecule has 1 aromatic heterocycles. The number of aromatic nitrogens is 1. The molecule has 3 nitrogen and oxygen atoms in total. The van der Waals surface area contributed by atoms with Crippen molar-refractivity contribution >= 4 is 0 Å². The van der Waals surface area contributed by atoms with Crippen LogP contribution in [0.1, 0.15) is 19.5 Å². The molecule has 0 amide bonds. The molecule has 2 heterocycles. The summed E-state index contributed by atoms with van der Waals surface area (Å²) in [5, 5.41) is 0. The summed E-state index contributed by atoms with van der Waals surface area (Å²) in [7, 11) is 0. The largest absolute Gasteiger partial charge is 0.324 e. The molecule has 2 rings (SSSR count). The van der Waals surface area contributed by atoms with Gasteiger partial charge in [-0.1, -0.05) is 6.07 Å². The normalized spacial score (nSPS) is 25.9. The van der Waals surface area contributed by atoms with Gasteiger partial charge >= 0.3 is 0 Å². The lowest BCUT2D eigenvalue weighted by Gasteiger charge is -2.31. The molecule has 0 atom stereocenters. The summed E-state index contributed by atoms with van der Waals surface area (Å²) in [5.74, 6) is 0. The second-order valence-corrected chi connectivity index (χ2v) is 5.06. The zero-order chi connectivity index (χ0) is 11.4. The van der Waals surface area contributed by atoms with Gasteiger partial charge in [0.05, 0.1) is 11.7 Å². The van der Waals surface area contributed by atoms with Crippen LogP contribution in [-0.4, -0.2) is 37.2 Å². The Morgan fingerprint density at radius 2 is 1.94 bits per heavy atom. The molecule has 16 heavy (non-hydrogen) atoms. The van der Waals surface area contributed by atoms with E-state index in [-0.39, 0.29) is 0 Å².